The van der Waals surface area contributed by atoms with E-state index in [2.05, 4.69) is 13.2 Å². The number of allylic oxidation sites excluding steroid dienone is 6. The molecule has 0 radical (unpaired) electrons. The van der Waals surface area contributed by atoms with E-state index in [-0.39, 0.29) is 0 Å². The molecule has 1 aliphatic rings. The first-order valence-corrected chi connectivity index (χ1v) is 11.2. The largest absolute Gasteiger partial charge is 0.678 e. The lowest BCUT2D eigenvalue weighted by atomic mass is 9.98. The van der Waals surface area contributed by atoms with Gasteiger partial charge in [-0.25, -0.2) is 4.99 Å². The van der Waals surface area contributed by atoms with Crippen molar-refractivity contribution in [3.05, 3.63) is 145 Å². The van der Waals surface area contributed by atoms with E-state index in [1.54, 1.807) is 30.4 Å². The Morgan fingerprint density at radius 2 is 1.47 bits per heavy atom. The number of nitrogens with zero attached hydrogens (tertiary/aromatic N) is 2. The molecule has 0 bridgehead atoms. The smallest absolute Gasteiger partial charge is 0.325 e. The zero-order chi connectivity index (χ0) is 24.5. The Morgan fingerprint density at radius 3 is 2.06 bits per heavy atom. The highest BCUT2D eigenvalue weighted by atomic mass is 19.2. The van der Waals surface area contributed by atoms with Gasteiger partial charge in [-0.1, -0.05) is 106 Å². The predicted molar refractivity (Wildman–Crippen MR) is 142 cm³/mol. The molecule has 170 valence electrons. The van der Waals surface area contributed by atoms with Crippen LogP contribution in [-0.2, 0) is 0 Å². The predicted octanol–water partition coefficient (Wildman–Crippen LogP) is 7.86. The number of halogens is 2. The first-order chi connectivity index (χ1) is 16.6. The van der Waals surface area contributed by atoms with Crippen LogP contribution < -0.4 is 0 Å². The fourth-order valence-corrected chi connectivity index (χ4v) is 3.79. The number of benzene rings is 2. The van der Waals surface area contributed by atoms with Crippen molar-refractivity contribution in [1.29, 1.82) is 0 Å². The van der Waals surface area contributed by atoms with Crippen molar-refractivity contribution in [2.24, 2.45) is 4.99 Å². The molecule has 0 saturated heterocycles. The summed E-state index contributed by atoms with van der Waals surface area (Å²) in [4.78, 5) is 4.80. The van der Waals surface area contributed by atoms with Gasteiger partial charge in [-0.05, 0) is 35.4 Å². The molecule has 34 heavy (non-hydrogen) atoms. The second-order valence-corrected chi connectivity index (χ2v) is 7.14. The highest BCUT2D eigenvalue weighted by Gasteiger charge is 2.28. The summed E-state index contributed by atoms with van der Waals surface area (Å²) in [6.45, 7) is 11.5. The summed E-state index contributed by atoms with van der Waals surface area (Å²) in [7, 11) is -2.74. The molecule has 0 aliphatic carbocycles. The molecular weight excluding hydrogens is 425 g/mol. The van der Waals surface area contributed by atoms with Crippen molar-refractivity contribution in [1.82, 2.24) is 4.48 Å². The van der Waals surface area contributed by atoms with Crippen LogP contribution in [-0.4, -0.2) is 17.6 Å². The van der Waals surface area contributed by atoms with E-state index < -0.39 is 7.40 Å². The fourth-order valence-electron chi connectivity index (χ4n) is 3.79. The van der Waals surface area contributed by atoms with E-state index in [4.69, 9.17) is 4.99 Å². The first kappa shape index (κ1) is 24.7. The molecule has 0 fully saturated rings. The van der Waals surface area contributed by atoms with E-state index in [0.29, 0.717) is 28.2 Å². The average molecular weight is 452 g/mol. The maximum atomic E-state index is 14.4. The van der Waals surface area contributed by atoms with Crippen LogP contribution in [0.1, 0.15) is 36.4 Å². The van der Waals surface area contributed by atoms with Gasteiger partial charge >= 0.3 is 7.40 Å². The molecule has 0 N–H and O–H groups in total. The van der Waals surface area contributed by atoms with Crippen LogP contribution in [0.2, 0.25) is 0 Å². The Hall–Kier alpha value is -3.99. The summed E-state index contributed by atoms with van der Waals surface area (Å²) in [6, 6.07) is 22.7. The molecule has 1 aliphatic heterocycles. The molecule has 3 aromatic rings. The number of hydrogen-bond donors (Lipinski definition) is 0. The van der Waals surface area contributed by atoms with E-state index in [1.165, 1.54) is 0 Å². The lowest BCUT2D eigenvalue weighted by Gasteiger charge is -2.15. The SMILES string of the molecule is C=C/C=C(\C=C)c1ccc(/C(=C2/C=CC(c3ccccc3)=N2)c2ccccc2)n1B(F)F.CC. The van der Waals surface area contributed by atoms with Gasteiger partial charge in [0.05, 0.1) is 11.4 Å². The Morgan fingerprint density at radius 1 is 0.853 bits per heavy atom. The van der Waals surface area contributed by atoms with E-state index in [0.717, 1.165) is 21.3 Å². The number of hydrogen-bond acceptors (Lipinski definition) is 1. The van der Waals surface area contributed by atoms with Crippen molar-refractivity contribution in [2.75, 3.05) is 0 Å². The van der Waals surface area contributed by atoms with Crippen LogP contribution in [0.5, 0.6) is 0 Å². The lowest BCUT2D eigenvalue weighted by molar-refractivity contribution is 0.627. The van der Waals surface area contributed by atoms with Gasteiger partial charge in [0.15, 0.2) is 0 Å². The van der Waals surface area contributed by atoms with Crippen LogP contribution in [0, 0.1) is 0 Å². The zero-order valence-corrected chi connectivity index (χ0v) is 19.5. The summed E-state index contributed by atoms with van der Waals surface area (Å²) in [6.07, 6.45) is 8.57. The van der Waals surface area contributed by atoms with Gasteiger partial charge in [-0.15, -0.1) is 0 Å². The molecule has 2 heterocycles. The van der Waals surface area contributed by atoms with Crippen molar-refractivity contribution < 1.29 is 8.63 Å². The molecule has 1 aromatic heterocycles. The molecule has 2 aromatic carbocycles. The highest BCUT2D eigenvalue weighted by molar-refractivity contribution is 6.42. The van der Waals surface area contributed by atoms with Gasteiger partial charge in [0, 0.05) is 22.5 Å². The van der Waals surface area contributed by atoms with Gasteiger partial charge < -0.3 is 4.48 Å². The molecule has 0 amide bonds. The number of rotatable bonds is 7. The maximum absolute atomic E-state index is 14.4. The Balaban J connectivity index is 0.00000158. The van der Waals surface area contributed by atoms with Crippen molar-refractivity contribution in [3.8, 4) is 0 Å². The third-order valence-electron chi connectivity index (χ3n) is 5.21. The molecule has 4 rings (SSSR count). The van der Waals surface area contributed by atoms with Gasteiger partial charge in [-0.2, -0.15) is 0 Å². The summed E-state index contributed by atoms with van der Waals surface area (Å²) >= 11 is 0. The van der Waals surface area contributed by atoms with E-state index >= 15 is 0 Å². The van der Waals surface area contributed by atoms with Crippen LogP contribution >= 0.6 is 0 Å². The summed E-state index contributed by atoms with van der Waals surface area (Å²) < 4.78 is 29.7. The molecule has 0 atom stereocenters. The van der Waals surface area contributed by atoms with Gasteiger partial charge in [-0.3, -0.25) is 8.63 Å². The standard InChI is InChI=1S/C27H21BF2N2.C2H6/c1-3-11-20(4-2)25-18-19-26(32(25)28(29)30)27(22-14-9-6-10-15-22)24-17-16-23(31-24)21-12-7-5-8-13-21;1-2/h3-19H,1-2H2;1-2H3/b20-11+,27-24-;. The quantitative estimate of drug-likeness (QED) is 0.257. The minimum Gasteiger partial charge on any atom is -0.325 e. The normalized spacial score (nSPS) is 14.1. The second kappa shape index (κ2) is 11.8. The van der Waals surface area contributed by atoms with Crippen molar-refractivity contribution in [3.63, 3.8) is 0 Å². The molecule has 0 unspecified atom stereocenters. The Labute approximate surface area is 200 Å². The van der Waals surface area contributed by atoms with Gasteiger partial charge in [0.25, 0.3) is 0 Å². The highest BCUT2D eigenvalue weighted by Crippen LogP contribution is 2.34. The summed E-state index contributed by atoms with van der Waals surface area (Å²) in [5, 5.41) is 0. The minimum absolute atomic E-state index is 0.369. The van der Waals surface area contributed by atoms with E-state index in [9.17, 15) is 8.63 Å². The fraction of sp³-hybridized carbons (Fsp3) is 0.0690. The Bertz CT molecular complexity index is 1260. The third kappa shape index (κ3) is 5.15. The van der Waals surface area contributed by atoms with Crippen LogP contribution in [0.4, 0.5) is 8.63 Å². The lowest BCUT2D eigenvalue weighted by Crippen LogP contribution is -2.19. The molecule has 0 saturated carbocycles. The molecule has 0 spiro atoms. The zero-order valence-electron chi connectivity index (χ0n) is 19.5. The van der Waals surface area contributed by atoms with Gasteiger partial charge in [0.2, 0.25) is 0 Å². The Kier molecular flexibility index (Phi) is 8.52. The minimum atomic E-state index is -2.74. The van der Waals surface area contributed by atoms with Crippen LogP contribution in [0.25, 0.3) is 11.1 Å². The second-order valence-electron chi connectivity index (χ2n) is 7.14. The van der Waals surface area contributed by atoms with E-state index in [1.807, 2.05) is 86.7 Å². The number of aromatic nitrogens is 1. The average Bonchev–Trinajstić information content (AvgIpc) is 3.54. The monoisotopic (exact) mass is 452 g/mol. The molecule has 2 nitrogen and oxygen atoms in total. The van der Waals surface area contributed by atoms with Crippen LogP contribution in [0.15, 0.2) is 127 Å². The van der Waals surface area contributed by atoms with Crippen LogP contribution in [0.3, 0.4) is 0 Å². The summed E-state index contributed by atoms with van der Waals surface area (Å²) in [5.41, 5.74) is 5.17. The van der Waals surface area contributed by atoms with Gasteiger partial charge in [0.1, 0.15) is 0 Å². The maximum Gasteiger partial charge on any atom is 0.678 e. The third-order valence-corrected chi connectivity index (χ3v) is 5.21. The summed E-state index contributed by atoms with van der Waals surface area (Å²) in [5.74, 6) is 0. The molecule has 5 heteroatoms. The first-order valence-electron chi connectivity index (χ1n) is 11.2. The van der Waals surface area contributed by atoms with Crippen molar-refractivity contribution in [2.45, 2.75) is 13.8 Å². The number of aliphatic imine (C=N–C) groups is 1. The van der Waals surface area contributed by atoms with Crippen molar-refractivity contribution >= 4 is 24.3 Å². The topological polar surface area (TPSA) is 17.3 Å². The molecular formula is C29H27BF2N2.